The SMILES string of the molecule is C[N+](C)(C)CCO[PH2]=O.[Cl-]. The molecule has 1 atom stereocenters. The average Bonchev–Trinajstić information content (AvgIpc) is 1.63. The van der Waals surface area contributed by atoms with Crippen molar-refractivity contribution in [3.8, 4) is 0 Å². The van der Waals surface area contributed by atoms with Crippen molar-refractivity contribution in [2.75, 3.05) is 34.3 Å². The smallest absolute Gasteiger partial charge is 0.180 e. The van der Waals surface area contributed by atoms with Gasteiger partial charge >= 0.3 is 0 Å². The molecule has 0 amide bonds. The number of hydrogen-bond acceptors (Lipinski definition) is 2. The number of quaternary nitrogens is 1. The third kappa shape index (κ3) is 11.3. The van der Waals surface area contributed by atoms with Gasteiger partial charge in [-0.05, 0) is 0 Å². The quantitative estimate of drug-likeness (QED) is 0.274. The lowest BCUT2D eigenvalue weighted by molar-refractivity contribution is -0.870. The van der Waals surface area contributed by atoms with Gasteiger partial charge in [0.2, 0.25) is 0 Å². The van der Waals surface area contributed by atoms with E-state index in [9.17, 15) is 4.57 Å². The Hall–Kier alpha value is 0.440. The van der Waals surface area contributed by atoms with Crippen molar-refractivity contribution >= 4 is 8.69 Å². The van der Waals surface area contributed by atoms with Gasteiger partial charge in [0.25, 0.3) is 0 Å². The van der Waals surface area contributed by atoms with Gasteiger partial charge in [0, 0.05) is 0 Å². The highest BCUT2D eigenvalue weighted by molar-refractivity contribution is 7.17. The fraction of sp³-hybridized carbons (Fsp3) is 1.00. The Morgan fingerprint density at radius 3 is 2.20 bits per heavy atom. The summed E-state index contributed by atoms with van der Waals surface area (Å²) in [6, 6.07) is 0. The van der Waals surface area contributed by atoms with Crippen LogP contribution in [0.4, 0.5) is 0 Å². The van der Waals surface area contributed by atoms with E-state index in [0.29, 0.717) is 6.61 Å². The zero-order valence-corrected chi connectivity index (χ0v) is 8.54. The predicted molar refractivity (Wildman–Crippen MR) is 39.2 cm³/mol. The summed E-state index contributed by atoms with van der Waals surface area (Å²) >= 11 is 0. The maximum atomic E-state index is 9.87. The van der Waals surface area contributed by atoms with E-state index in [1.165, 1.54) is 0 Å². The van der Waals surface area contributed by atoms with Gasteiger partial charge < -0.3 is 21.4 Å². The third-order valence-electron chi connectivity index (χ3n) is 0.948. The summed E-state index contributed by atoms with van der Waals surface area (Å²) < 4.78 is 15.5. The van der Waals surface area contributed by atoms with Crippen molar-refractivity contribution in [1.82, 2.24) is 0 Å². The normalized spacial score (nSPS) is 11.9. The van der Waals surface area contributed by atoms with Crippen molar-refractivity contribution < 1.29 is 26.0 Å². The molecule has 0 aliphatic heterocycles. The Morgan fingerprint density at radius 2 is 1.90 bits per heavy atom. The highest BCUT2D eigenvalue weighted by Gasteiger charge is 2.04. The number of hydrogen-bond donors (Lipinski definition) is 0. The Labute approximate surface area is 69.6 Å². The highest BCUT2D eigenvalue weighted by atomic mass is 35.5. The maximum Gasteiger partial charge on any atom is 0.180 e. The molecule has 0 radical (unpaired) electrons. The van der Waals surface area contributed by atoms with Crippen LogP contribution in [0.15, 0.2) is 0 Å². The van der Waals surface area contributed by atoms with E-state index in [1.807, 2.05) is 0 Å². The van der Waals surface area contributed by atoms with Gasteiger partial charge in [-0.25, -0.2) is 0 Å². The largest absolute Gasteiger partial charge is 1.00 e. The molecule has 1 unspecified atom stereocenters. The molecular weight excluding hydrogens is 172 g/mol. The monoisotopic (exact) mass is 187 g/mol. The van der Waals surface area contributed by atoms with E-state index < -0.39 is 8.69 Å². The van der Waals surface area contributed by atoms with Gasteiger partial charge in [0.05, 0.1) is 21.1 Å². The minimum absolute atomic E-state index is 0. The van der Waals surface area contributed by atoms with Crippen LogP contribution in [0.5, 0.6) is 0 Å². The third-order valence-corrected chi connectivity index (χ3v) is 1.32. The Bertz CT molecular complexity index is 94.1. The van der Waals surface area contributed by atoms with Gasteiger partial charge in [0.1, 0.15) is 13.2 Å². The second-order valence-electron chi connectivity index (χ2n) is 2.98. The zero-order valence-electron chi connectivity index (χ0n) is 6.63. The summed E-state index contributed by atoms with van der Waals surface area (Å²) in [5.41, 5.74) is 0. The van der Waals surface area contributed by atoms with Crippen LogP contribution in [0.2, 0.25) is 0 Å². The molecule has 5 heteroatoms. The second-order valence-corrected chi connectivity index (χ2v) is 3.51. The van der Waals surface area contributed by atoms with Crippen molar-refractivity contribution in [2.24, 2.45) is 0 Å². The molecule has 0 aromatic heterocycles. The number of halogens is 1. The van der Waals surface area contributed by atoms with Gasteiger partial charge in [-0.2, -0.15) is 0 Å². The molecule has 0 saturated carbocycles. The predicted octanol–water partition coefficient (Wildman–Crippen LogP) is -2.62. The standard InChI is InChI=1S/C5H15NO2P.ClH/c1-6(2,3)4-5-8-9-7;/h4-5,9H2,1-3H3;1H/q+1;/p-1. The first kappa shape index (κ1) is 13.1. The molecule has 0 aromatic rings. The molecule has 0 N–H and O–H groups in total. The molecule has 0 rings (SSSR count). The van der Waals surface area contributed by atoms with E-state index in [0.717, 1.165) is 11.0 Å². The van der Waals surface area contributed by atoms with Crippen LogP contribution in [-0.4, -0.2) is 38.8 Å². The summed E-state index contributed by atoms with van der Waals surface area (Å²) in [5.74, 6) is 0. The molecule has 0 heterocycles. The van der Waals surface area contributed by atoms with Crippen LogP contribution in [0, 0.1) is 0 Å². The molecule has 3 nitrogen and oxygen atoms in total. The molecule has 0 spiro atoms. The van der Waals surface area contributed by atoms with E-state index in [1.54, 1.807) is 0 Å². The summed E-state index contributed by atoms with van der Waals surface area (Å²) in [4.78, 5) is 0. The second kappa shape index (κ2) is 6.17. The Balaban J connectivity index is 0. The summed E-state index contributed by atoms with van der Waals surface area (Å²) in [6.07, 6.45) is 0. The summed E-state index contributed by atoms with van der Waals surface area (Å²) in [6.45, 7) is 1.51. The fourth-order valence-corrected chi connectivity index (χ4v) is 0.576. The first-order chi connectivity index (χ1) is 4.06. The zero-order chi connectivity index (χ0) is 7.33. The molecular formula is C5H15ClNO2P. The number of nitrogens with zero attached hydrogens (tertiary/aromatic N) is 1. The van der Waals surface area contributed by atoms with E-state index in [-0.39, 0.29) is 12.4 Å². The molecule has 10 heavy (non-hydrogen) atoms. The lowest BCUT2D eigenvalue weighted by Gasteiger charge is -2.22. The molecule has 0 saturated heterocycles. The van der Waals surface area contributed by atoms with Crippen molar-refractivity contribution in [3.05, 3.63) is 0 Å². The molecule has 0 aliphatic carbocycles. The van der Waals surface area contributed by atoms with Crippen LogP contribution in [-0.2, 0) is 9.09 Å². The van der Waals surface area contributed by atoms with Crippen LogP contribution in [0.3, 0.4) is 0 Å². The molecule has 0 bridgehead atoms. The van der Waals surface area contributed by atoms with Gasteiger partial charge in [-0.15, -0.1) is 0 Å². The number of likely N-dealkylation sites (N-methyl/N-ethyl adjacent to an activating group) is 1. The lowest BCUT2D eigenvalue weighted by atomic mass is 10.5. The van der Waals surface area contributed by atoms with Crippen LogP contribution < -0.4 is 12.4 Å². The Morgan fingerprint density at radius 1 is 1.40 bits per heavy atom. The average molecular weight is 188 g/mol. The minimum atomic E-state index is -1.02. The van der Waals surface area contributed by atoms with E-state index in [2.05, 4.69) is 21.1 Å². The van der Waals surface area contributed by atoms with Gasteiger partial charge in [-0.3, -0.25) is 4.57 Å². The van der Waals surface area contributed by atoms with Gasteiger partial charge in [0.15, 0.2) is 8.69 Å². The Kier molecular flexibility index (Phi) is 8.06. The first-order valence-corrected chi connectivity index (χ1v) is 3.86. The topological polar surface area (TPSA) is 26.3 Å². The van der Waals surface area contributed by atoms with Crippen LogP contribution in [0.1, 0.15) is 0 Å². The highest BCUT2D eigenvalue weighted by Crippen LogP contribution is 1.96. The summed E-state index contributed by atoms with van der Waals surface area (Å²) in [7, 11) is 5.20. The van der Waals surface area contributed by atoms with Crippen LogP contribution >= 0.6 is 8.69 Å². The van der Waals surface area contributed by atoms with Gasteiger partial charge in [-0.1, -0.05) is 0 Å². The lowest BCUT2D eigenvalue weighted by Crippen LogP contribution is -3.00. The molecule has 0 fully saturated rings. The molecule has 0 aromatic carbocycles. The molecule has 64 valence electrons. The minimum Gasteiger partial charge on any atom is -1.00 e. The van der Waals surface area contributed by atoms with E-state index in [4.69, 9.17) is 4.52 Å². The maximum absolute atomic E-state index is 9.87. The van der Waals surface area contributed by atoms with Crippen molar-refractivity contribution in [1.29, 1.82) is 0 Å². The van der Waals surface area contributed by atoms with E-state index >= 15 is 0 Å². The fourth-order valence-electron chi connectivity index (χ4n) is 0.375. The van der Waals surface area contributed by atoms with Crippen LogP contribution in [0.25, 0.3) is 0 Å². The number of rotatable bonds is 4. The van der Waals surface area contributed by atoms with Crippen molar-refractivity contribution in [2.45, 2.75) is 0 Å². The summed E-state index contributed by atoms with van der Waals surface area (Å²) in [5, 5.41) is 0. The first-order valence-electron chi connectivity index (χ1n) is 2.92. The van der Waals surface area contributed by atoms with Crippen molar-refractivity contribution in [3.63, 3.8) is 0 Å². The molecule has 0 aliphatic rings.